The molecule has 3 saturated heterocycles. The van der Waals surface area contributed by atoms with E-state index in [0.717, 1.165) is 11.0 Å². The number of unbranched alkanes of at least 4 members (excludes halogenated alkanes) is 1. The maximum Gasteiger partial charge on any atom is 0.247 e. The molecule has 3 aliphatic heterocycles. The van der Waals surface area contributed by atoms with E-state index in [0.29, 0.717) is 38.6 Å². The first kappa shape index (κ1) is 23.7. The Labute approximate surface area is 203 Å². The normalized spacial score (nSPS) is 31.2. The Morgan fingerprint density at radius 3 is 2.77 bits per heavy atom. The number of aromatic nitrogens is 3. The largest absolute Gasteiger partial charge is 0.396 e. The smallest absolute Gasteiger partial charge is 0.247 e. The number of amides is 3. The third kappa shape index (κ3) is 3.43. The van der Waals surface area contributed by atoms with Gasteiger partial charge in [0.2, 0.25) is 17.7 Å². The van der Waals surface area contributed by atoms with Gasteiger partial charge >= 0.3 is 0 Å². The Kier molecular flexibility index (Phi) is 6.00. The lowest BCUT2D eigenvalue weighted by Gasteiger charge is -2.33. The number of aliphatic hydroxyl groups excluding tert-OH is 1. The minimum Gasteiger partial charge on any atom is -0.396 e. The van der Waals surface area contributed by atoms with Gasteiger partial charge in [0.05, 0.1) is 23.0 Å². The van der Waals surface area contributed by atoms with Gasteiger partial charge < -0.3 is 25.4 Å². The van der Waals surface area contributed by atoms with Crippen LogP contribution in [0.3, 0.4) is 0 Å². The van der Waals surface area contributed by atoms with Crippen LogP contribution >= 0.6 is 0 Å². The molecule has 35 heavy (non-hydrogen) atoms. The molecular formula is C24H32N6O5. The zero-order valence-corrected chi connectivity index (χ0v) is 20.1. The van der Waals surface area contributed by atoms with Crippen LogP contribution in [0.25, 0.3) is 11.0 Å². The first-order valence-corrected chi connectivity index (χ1v) is 12.3. The molecule has 3 aliphatic rings. The maximum atomic E-state index is 13.8. The lowest BCUT2D eigenvalue weighted by atomic mass is 9.65. The predicted molar refractivity (Wildman–Crippen MR) is 125 cm³/mol. The molecule has 0 saturated carbocycles. The summed E-state index contributed by atoms with van der Waals surface area (Å²) in [4.78, 5) is 42.1. The SMILES string of the molecule is CC[C@@]12CCC3(O1)C(C(=O)NCn1nnc4ccccc41)N(CCCCO)C(=O)[C@@H]3[C@@H]2C(=O)NC. The van der Waals surface area contributed by atoms with Gasteiger partial charge in [0.15, 0.2) is 0 Å². The Hall–Kier alpha value is -3.05. The molecule has 0 radical (unpaired) electrons. The van der Waals surface area contributed by atoms with Gasteiger partial charge in [-0.1, -0.05) is 24.3 Å². The monoisotopic (exact) mass is 484 g/mol. The van der Waals surface area contributed by atoms with E-state index in [4.69, 9.17) is 4.74 Å². The minimum absolute atomic E-state index is 0.00312. The molecule has 1 aromatic carbocycles. The van der Waals surface area contributed by atoms with Crippen LogP contribution < -0.4 is 10.6 Å². The molecular weight excluding hydrogens is 452 g/mol. The number of rotatable bonds is 9. The average molecular weight is 485 g/mol. The zero-order valence-electron chi connectivity index (χ0n) is 20.1. The molecule has 1 aromatic heterocycles. The van der Waals surface area contributed by atoms with Gasteiger partial charge in [-0.3, -0.25) is 14.4 Å². The van der Waals surface area contributed by atoms with Crippen molar-refractivity contribution < 1.29 is 24.2 Å². The second-order valence-corrected chi connectivity index (χ2v) is 9.69. The van der Waals surface area contributed by atoms with Gasteiger partial charge in [-0.05, 0) is 44.2 Å². The summed E-state index contributed by atoms with van der Waals surface area (Å²) in [6.07, 6.45) is 2.80. The number of para-hydroxylation sites is 1. The van der Waals surface area contributed by atoms with Crippen molar-refractivity contribution in [2.45, 2.75) is 62.9 Å². The molecule has 3 amide bonds. The number of fused-ring (bicyclic) bond motifs is 2. The van der Waals surface area contributed by atoms with E-state index in [9.17, 15) is 19.5 Å². The van der Waals surface area contributed by atoms with E-state index in [-0.39, 0.29) is 31.0 Å². The highest BCUT2D eigenvalue weighted by atomic mass is 16.5. The van der Waals surface area contributed by atoms with Crippen LogP contribution in [0.15, 0.2) is 24.3 Å². The lowest BCUT2D eigenvalue weighted by Crippen LogP contribution is -2.55. The standard InChI is InChI=1S/C24H32N6O5/c1-3-23-10-11-24(35-23)18(17(23)20(32)25-2)22(34)29(12-6-7-13-31)19(24)21(33)26-14-30-16-9-5-4-8-15(16)27-28-30/h4-5,8-9,17-19,31H,3,6-7,10-14H2,1-2H3,(H,25,32)(H,26,33)/t17-,18+,19?,23+,24?/m1/s1. The van der Waals surface area contributed by atoms with Gasteiger partial charge in [0.25, 0.3) is 0 Å². The number of likely N-dealkylation sites (tertiary alicyclic amines) is 1. The number of hydrogen-bond acceptors (Lipinski definition) is 7. The topological polar surface area (TPSA) is 139 Å². The molecule has 2 unspecified atom stereocenters. The average Bonchev–Trinajstić information content (AvgIpc) is 3.59. The van der Waals surface area contributed by atoms with Crippen molar-refractivity contribution in [2.75, 3.05) is 20.2 Å². The summed E-state index contributed by atoms with van der Waals surface area (Å²) < 4.78 is 8.24. The molecule has 2 bridgehead atoms. The number of nitrogens with zero attached hydrogens (tertiary/aromatic N) is 4. The Bertz CT molecular complexity index is 1150. The molecule has 5 atom stereocenters. The van der Waals surface area contributed by atoms with E-state index in [2.05, 4.69) is 20.9 Å². The van der Waals surface area contributed by atoms with Crippen LogP contribution in [0.5, 0.6) is 0 Å². The fourth-order valence-electron chi connectivity index (χ4n) is 6.49. The van der Waals surface area contributed by atoms with Crippen LogP contribution in [-0.2, 0) is 25.8 Å². The second kappa shape index (κ2) is 8.87. The highest BCUT2D eigenvalue weighted by Crippen LogP contribution is 2.64. The van der Waals surface area contributed by atoms with Gasteiger partial charge in [0.1, 0.15) is 23.8 Å². The number of benzene rings is 1. The third-order valence-corrected chi connectivity index (χ3v) is 8.09. The van der Waals surface area contributed by atoms with Gasteiger partial charge in [-0.25, -0.2) is 4.68 Å². The van der Waals surface area contributed by atoms with Crippen molar-refractivity contribution in [1.82, 2.24) is 30.5 Å². The zero-order chi connectivity index (χ0) is 24.8. The van der Waals surface area contributed by atoms with Crippen molar-refractivity contribution in [3.8, 4) is 0 Å². The summed E-state index contributed by atoms with van der Waals surface area (Å²) in [5.41, 5.74) is -0.303. The fraction of sp³-hybridized carbons (Fsp3) is 0.625. The van der Waals surface area contributed by atoms with Gasteiger partial charge in [-0.15, -0.1) is 5.10 Å². The molecule has 4 heterocycles. The van der Waals surface area contributed by atoms with E-state index in [1.165, 1.54) is 0 Å². The summed E-state index contributed by atoms with van der Waals surface area (Å²) in [7, 11) is 1.56. The number of ether oxygens (including phenoxy) is 1. The quantitative estimate of drug-likeness (QED) is 0.432. The highest BCUT2D eigenvalue weighted by Gasteiger charge is 2.78. The van der Waals surface area contributed by atoms with E-state index >= 15 is 0 Å². The Morgan fingerprint density at radius 1 is 1.23 bits per heavy atom. The van der Waals surface area contributed by atoms with Gasteiger partial charge in [-0.2, -0.15) is 0 Å². The van der Waals surface area contributed by atoms with Crippen LogP contribution in [0, 0.1) is 11.8 Å². The number of carbonyl (C=O) groups excluding carboxylic acids is 3. The fourth-order valence-corrected chi connectivity index (χ4v) is 6.49. The lowest BCUT2D eigenvalue weighted by molar-refractivity contribution is -0.147. The number of carbonyl (C=O) groups is 3. The Balaban J connectivity index is 1.46. The summed E-state index contributed by atoms with van der Waals surface area (Å²) in [6.45, 7) is 2.37. The Morgan fingerprint density at radius 2 is 2.03 bits per heavy atom. The van der Waals surface area contributed by atoms with E-state index < -0.39 is 29.1 Å². The van der Waals surface area contributed by atoms with Crippen molar-refractivity contribution in [3.63, 3.8) is 0 Å². The minimum atomic E-state index is -1.06. The molecule has 188 valence electrons. The van der Waals surface area contributed by atoms with Crippen LogP contribution in [0.1, 0.15) is 39.0 Å². The van der Waals surface area contributed by atoms with Crippen LogP contribution in [-0.4, -0.2) is 80.2 Å². The molecule has 11 heteroatoms. The van der Waals surface area contributed by atoms with Gasteiger partial charge in [0, 0.05) is 20.2 Å². The third-order valence-electron chi connectivity index (χ3n) is 8.09. The molecule has 1 spiro atoms. The number of hydrogen-bond donors (Lipinski definition) is 3. The van der Waals surface area contributed by atoms with Crippen molar-refractivity contribution >= 4 is 28.8 Å². The number of aliphatic hydroxyl groups is 1. The van der Waals surface area contributed by atoms with Crippen LogP contribution in [0.4, 0.5) is 0 Å². The molecule has 3 fully saturated rings. The molecule has 3 N–H and O–H groups in total. The van der Waals surface area contributed by atoms with Crippen molar-refractivity contribution in [1.29, 1.82) is 0 Å². The molecule has 0 aliphatic carbocycles. The molecule has 5 rings (SSSR count). The summed E-state index contributed by atoms with van der Waals surface area (Å²) in [5, 5.41) is 23.2. The first-order chi connectivity index (χ1) is 16.9. The summed E-state index contributed by atoms with van der Waals surface area (Å²) >= 11 is 0. The second-order valence-electron chi connectivity index (χ2n) is 9.69. The first-order valence-electron chi connectivity index (χ1n) is 12.3. The maximum absolute atomic E-state index is 13.8. The van der Waals surface area contributed by atoms with E-state index in [1.807, 2.05) is 31.2 Å². The predicted octanol–water partition coefficient (Wildman–Crippen LogP) is 0.178. The van der Waals surface area contributed by atoms with Crippen LogP contribution in [0.2, 0.25) is 0 Å². The summed E-state index contributed by atoms with van der Waals surface area (Å²) in [6, 6.07) is 6.60. The van der Waals surface area contributed by atoms with Crippen molar-refractivity contribution in [2.24, 2.45) is 11.8 Å². The van der Waals surface area contributed by atoms with Crippen molar-refractivity contribution in [3.05, 3.63) is 24.3 Å². The molecule has 2 aromatic rings. The molecule has 11 nitrogen and oxygen atoms in total. The number of nitrogens with one attached hydrogen (secondary N) is 2. The highest BCUT2D eigenvalue weighted by molar-refractivity contribution is 5.99. The summed E-state index contributed by atoms with van der Waals surface area (Å²) in [5.74, 6) is -2.14. The van der Waals surface area contributed by atoms with E-state index in [1.54, 1.807) is 16.6 Å².